The van der Waals surface area contributed by atoms with E-state index >= 15 is 0 Å². The number of amides is 1. The van der Waals surface area contributed by atoms with Crippen molar-refractivity contribution in [1.29, 1.82) is 0 Å². The molecule has 2 atom stereocenters. The van der Waals surface area contributed by atoms with Crippen LogP contribution in [-0.4, -0.2) is 49.9 Å². The molecule has 1 aliphatic rings. The number of rotatable bonds is 3. The molecule has 0 aromatic rings. The van der Waals surface area contributed by atoms with Crippen molar-refractivity contribution >= 4 is 20.7 Å². The fourth-order valence-corrected chi connectivity index (χ4v) is 3.52. The van der Waals surface area contributed by atoms with Crippen molar-refractivity contribution in [3.8, 4) is 0 Å². The molecule has 1 saturated heterocycles. The highest BCUT2D eigenvalue weighted by Crippen LogP contribution is 2.38. The number of ether oxygens (including phenoxy) is 1. The van der Waals surface area contributed by atoms with Gasteiger partial charge in [0.05, 0.1) is 12.1 Å². The van der Waals surface area contributed by atoms with E-state index in [0.29, 0.717) is 13.0 Å². The van der Waals surface area contributed by atoms with E-state index in [4.69, 9.17) is 9.16 Å². The fourth-order valence-electron chi connectivity index (χ4n) is 2.16. The van der Waals surface area contributed by atoms with Gasteiger partial charge in [0, 0.05) is 13.0 Å². The van der Waals surface area contributed by atoms with Crippen molar-refractivity contribution in [1.82, 2.24) is 4.90 Å². The Balaban J connectivity index is 2.77. The molecule has 1 amide bonds. The molecule has 128 valence electrons. The summed E-state index contributed by atoms with van der Waals surface area (Å²) in [7, 11) is -1.92. The van der Waals surface area contributed by atoms with Gasteiger partial charge in [0.2, 0.25) is 0 Å². The van der Waals surface area contributed by atoms with Gasteiger partial charge in [-0.2, -0.15) is 0 Å². The molecule has 5 nitrogen and oxygen atoms in total. The molecule has 0 radical (unpaired) electrons. The van der Waals surface area contributed by atoms with E-state index in [1.807, 2.05) is 20.8 Å². The van der Waals surface area contributed by atoms with Crippen molar-refractivity contribution in [3.05, 3.63) is 0 Å². The number of likely N-dealkylation sites (tertiary alicyclic amines) is 1. The van der Waals surface area contributed by atoms with Crippen molar-refractivity contribution < 1.29 is 18.8 Å². The standard InChI is InChI=1S/C16H31NO4Si/c1-15(2,3)20-14(19)17-10-13(9-12(17)11-18)21-22(7,8)16(4,5)6/h11-13H,9-10H2,1-8H3/t12-,13-/m1/s1. The number of carbonyl (C=O) groups is 2. The second-order valence-corrected chi connectivity index (χ2v) is 13.3. The van der Waals surface area contributed by atoms with E-state index in [0.717, 1.165) is 6.29 Å². The van der Waals surface area contributed by atoms with Gasteiger partial charge >= 0.3 is 6.09 Å². The molecule has 0 bridgehead atoms. The van der Waals surface area contributed by atoms with Gasteiger partial charge in [-0.05, 0) is 38.9 Å². The number of nitrogens with zero attached hydrogens (tertiary/aromatic N) is 1. The van der Waals surface area contributed by atoms with E-state index in [-0.39, 0.29) is 11.1 Å². The van der Waals surface area contributed by atoms with Gasteiger partial charge in [0.1, 0.15) is 11.9 Å². The minimum Gasteiger partial charge on any atom is -0.444 e. The lowest BCUT2D eigenvalue weighted by Crippen LogP contribution is -2.45. The summed E-state index contributed by atoms with van der Waals surface area (Å²) in [5.74, 6) is 0. The maximum absolute atomic E-state index is 12.2. The predicted octanol–water partition coefficient (Wildman–Crippen LogP) is 3.59. The SMILES string of the molecule is CC(C)(C)OC(=O)N1C[C@H](O[Si](C)(C)C(C)(C)C)C[C@@H]1C=O. The lowest BCUT2D eigenvalue weighted by Gasteiger charge is -2.38. The summed E-state index contributed by atoms with van der Waals surface area (Å²) in [5.41, 5.74) is -0.567. The summed E-state index contributed by atoms with van der Waals surface area (Å²) in [4.78, 5) is 25.0. The maximum Gasteiger partial charge on any atom is 0.410 e. The Morgan fingerprint density at radius 1 is 1.18 bits per heavy atom. The first-order valence-electron chi connectivity index (χ1n) is 7.89. The monoisotopic (exact) mass is 329 g/mol. The van der Waals surface area contributed by atoms with E-state index in [9.17, 15) is 9.59 Å². The van der Waals surface area contributed by atoms with Crippen LogP contribution in [0.25, 0.3) is 0 Å². The molecule has 0 saturated carbocycles. The predicted molar refractivity (Wildman–Crippen MR) is 89.5 cm³/mol. The van der Waals surface area contributed by atoms with Crippen LogP contribution in [0.3, 0.4) is 0 Å². The number of hydrogen-bond donors (Lipinski definition) is 0. The highest BCUT2D eigenvalue weighted by molar-refractivity contribution is 6.74. The lowest BCUT2D eigenvalue weighted by molar-refractivity contribution is -0.111. The molecule has 1 heterocycles. The largest absolute Gasteiger partial charge is 0.444 e. The zero-order valence-electron chi connectivity index (χ0n) is 15.2. The average Bonchev–Trinajstić information content (AvgIpc) is 2.67. The Labute approximate surface area is 135 Å². The molecule has 0 N–H and O–H groups in total. The van der Waals surface area contributed by atoms with Crippen LogP contribution in [0.15, 0.2) is 0 Å². The molecule has 0 aliphatic carbocycles. The van der Waals surface area contributed by atoms with Crippen LogP contribution >= 0.6 is 0 Å². The van der Waals surface area contributed by atoms with Crippen LogP contribution in [0.1, 0.15) is 48.0 Å². The molecule has 1 fully saturated rings. The summed E-state index contributed by atoms with van der Waals surface area (Å²) in [6.07, 6.45) is 0.836. The van der Waals surface area contributed by atoms with Gasteiger partial charge in [-0.1, -0.05) is 20.8 Å². The van der Waals surface area contributed by atoms with Crippen LogP contribution in [0.4, 0.5) is 4.79 Å². The Hall–Kier alpha value is -0.883. The second kappa shape index (κ2) is 6.32. The number of carbonyl (C=O) groups excluding carboxylic acids is 2. The van der Waals surface area contributed by atoms with Gasteiger partial charge in [-0.15, -0.1) is 0 Å². The Kier molecular flexibility index (Phi) is 5.50. The molecule has 0 aromatic heterocycles. The topological polar surface area (TPSA) is 55.8 Å². The Morgan fingerprint density at radius 2 is 1.73 bits per heavy atom. The van der Waals surface area contributed by atoms with E-state index in [2.05, 4.69) is 33.9 Å². The van der Waals surface area contributed by atoms with Crippen LogP contribution in [0.2, 0.25) is 18.1 Å². The van der Waals surface area contributed by atoms with Gasteiger partial charge in [-0.25, -0.2) is 4.79 Å². The normalized spacial score (nSPS) is 23.5. The average molecular weight is 330 g/mol. The Bertz CT molecular complexity index is 423. The van der Waals surface area contributed by atoms with Crippen molar-refractivity contribution in [2.75, 3.05) is 6.54 Å². The first-order valence-corrected chi connectivity index (χ1v) is 10.8. The zero-order valence-corrected chi connectivity index (χ0v) is 16.2. The van der Waals surface area contributed by atoms with Gasteiger partial charge in [-0.3, -0.25) is 4.90 Å². The highest BCUT2D eigenvalue weighted by atomic mass is 28.4. The number of aldehydes is 1. The van der Waals surface area contributed by atoms with Crippen molar-refractivity contribution in [3.63, 3.8) is 0 Å². The number of hydrogen-bond acceptors (Lipinski definition) is 4. The van der Waals surface area contributed by atoms with Crippen LogP contribution in [0.5, 0.6) is 0 Å². The molecule has 22 heavy (non-hydrogen) atoms. The summed E-state index contributed by atoms with van der Waals surface area (Å²) in [6.45, 7) is 16.8. The molecule has 0 unspecified atom stereocenters. The first kappa shape index (κ1) is 19.2. The molecule has 0 spiro atoms. The fraction of sp³-hybridized carbons (Fsp3) is 0.875. The van der Waals surface area contributed by atoms with Gasteiger partial charge < -0.3 is 14.0 Å². The summed E-state index contributed by atoms with van der Waals surface area (Å²) < 4.78 is 11.7. The second-order valence-electron chi connectivity index (χ2n) is 8.57. The molecular formula is C16H31NO4Si. The minimum atomic E-state index is -1.92. The van der Waals surface area contributed by atoms with Crippen LogP contribution < -0.4 is 0 Å². The van der Waals surface area contributed by atoms with E-state index < -0.39 is 26.1 Å². The van der Waals surface area contributed by atoms with Crippen molar-refractivity contribution in [2.24, 2.45) is 0 Å². The molecule has 1 aliphatic heterocycles. The molecular weight excluding hydrogens is 298 g/mol. The van der Waals surface area contributed by atoms with Crippen LogP contribution in [-0.2, 0) is 14.0 Å². The molecule has 0 aromatic carbocycles. The molecule has 6 heteroatoms. The third-order valence-electron chi connectivity index (χ3n) is 4.36. The van der Waals surface area contributed by atoms with Crippen LogP contribution in [0, 0.1) is 0 Å². The van der Waals surface area contributed by atoms with Crippen molar-refractivity contribution in [2.45, 2.75) is 83.8 Å². The van der Waals surface area contributed by atoms with Gasteiger partial charge in [0.15, 0.2) is 8.32 Å². The zero-order chi connectivity index (χ0) is 17.3. The van der Waals surface area contributed by atoms with Gasteiger partial charge in [0.25, 0.3) is 0 Å². The quantitative estimate of drug-likeness (QED) is 0.586. The third-order valence-corrected chi connectivity index (χ3v) is 8.89. The minimum absolute atomic E-state index is 0.0939. The Morgan fingerprint density at radius 3 is 2.14 bits per heavy atom. The maximum atomic E-state index is 12.2. The summed E-state index contributed by atoms with van der Waals surface area (Å²) in [6, 6.07) is -0.454. The van der Waals surface area contributed by atoms with E-state index in [1.54, 1.807) is 0 Å². The van der Waals surface area contributed by atoms with E-state index in [1.165, 1.54) is 4.90 Å². The smallest absolute Gasteiger partial charge is 0.410 e. The first-order chi connectivity index (χ1) is 9.77. The third kappa shape index (κ3) is 4.81. The summed E-state index contributed by atoms with van der Waals surface area (Å²) in [5, 5.41) is 0.100. The molecule has 1 rings (SSSR count). The summed E-state index contributed by atoms with van der Waals surface area (Å²) >= 11 is 0. The lowest BCUT2D eigenvalue weighted by atomic mass is 10.2. The highest BCUT2D eigenvalue weighted by Gasteiger charge is 2.44.